The molecule has 25 heavy (non-hydrogen) atoms. The standard InChI is InChI=1S/C19H23N3O2S/c1-19(2,3)14-8-6-13(7-9-14)17(24)20-10-16(23)22-18-21-15(11-25-18)12-4-5-12/h6-9,11-12H,4-5,10H2,1-3H3,(H,20,24)(H,21,22,23). The summed E-state index contributed by atoms with van der Waals surface area (Å²) in [6.07, 6.45) is 2.36. The van der Waals surface area contributed by atoms with E-state index in [4.69, 9.17) is 0 Å². The molecule has 132 valence electrons. The van der Waals surface area contributed by atoms with Crippen molar-refractivity contribution in [2.24, 2.45) is 0 Å². The molecule has 2 aromatic rings. The van der Waals surface area contributed by atoms with Crippen molar-refractivity contribution in [3.63, 3.8) is 0 Å². The van der Waals surface area contributed by atoms with Crippen molar-refractivity contribution in [2.75, 3.05) is 11.9 Å². The maximum atomic E-state index is 12.2. The first-order valence-corrected chi connectivity index (χ1v) is 9.35. The Morgan fingerprint density at radius 3 is 2.48 bits per heavy atom. The van der Waals surface area contributed by atoms with E-state index in [1.165, 1.54) is 24.2 Å². The highest BCUT2D eigenvalue weighted by Gasteiger charge is 2.26. The number of anilines is 1. The molecule has 2 amide bonds. The number of thiazole rings is 1. The number of hydrogen-bond acceptors (Lipinski definition) is 4. The normalized spacial score (nSPS) is 14.2. The lowest BCUT2D eigenvalue weighted by molar-refractivity contribution is -0.115. The molecular weight excluding hydrogens is 334 g/mol. The zero-order valence-electron chi connectivity index (χ0n) is 14.8. The Kier molecular flexibility index (Phi) is 4.90. The van der Waals surface area contributed by atoms with Crippen LogP contribution in [0.3, 0.4) is 0 Å². The minimum Gasteiger partial charge on any atom is -0.343 e. The molecule has 1 saturated carbocycles. The molecule has 0 bridgehead atoms. The predicted molar refractivity (Wildman–Crippen MR) is 100 cm³/mol. The molecule has 0 spiro atoms. The van der Waals surface area contributed by atoms with E-state index in [1.54, 1.807) is 12.1 Å². The van der Waals surface area contributed by atoms with Crippen molar-refractivity contribution < 1.29 is 9.59 Å². The zero-order valence-corrected chi connectivity index (χ0v) is 15.6. The van der Waals surface area contributed by atoms with Crippen molar-refractivity contribution in [1.82, 2.24) is 10.3 Å². The van der Waals surface area contributed by atoms with Gasteiger partial charge in [0.1, 0.15) is 0 Å². The van der Waals surface area contributed by atoms with Gasteiger partial charge in [-0.3, -0.25) is 9.59 Å². The summed E-state index contributed by atoms with van der Waals surface area (Å²) in [4.78, 5) is 28.5. The van der Waals surface area contributed by atoms with E-state index in [9.17, 15) is 9.59 Å². The predicted octanol–water partition coefficient (Wildman–Crippen LogP) is 3.69. The summed E-state index contributed by atoms with van der Waals surface area (Å²) < 4.78 is 0. The number of nitrogens with zero attached hydrogens (tertiary/aromatic N) is 1. The molecule has 0 saturated heterocycles. The third-order valence-electron chi connectivity index (χ3n) is 4.19. The van der Waals surface area contributed by atoms with Crippen LogP contribution in [-0.2, 0) is 10.2 Å². The highest BCUT2D eigenvalue weighted by molar-refractivity contribution is 7.13. The number of rotatable bonds is 5. The van der Waals surface area contributed by atoms with Gasteiger partial charge < -0.3 is 10.6 Å². The van der Waals surface area contributed by atoms with Gasteiger partial charge >= 0.3 is 0 Å². The second-order valence-corrected chi connectivity index (χ2v) is 8.27. The van der Waals surface area contributed by atoms with Gasteiger partial charge in [0.25, 0.3) is 5.91 Å². The molecule has 1 aliphatic carbocycles. The fourth-order valence-electron chi connectivity index (χ4n) is 2.46. The average Bonchev–Trinajstić information content (AvgIpc) is 3.32. The van der Waals surface area contributed by atoms with Gasteiger partial charge in [0.2, 0.25) is 5.91 Å². The third kappa shape index (κ3) is 4.66. The third-order valence-corrected chi connectivity index (χ3v) is 4.96. The van der Waals surface area contributed by atoms with E-state index >= 15 is 0 Å². The second kappa shape index (κ2) is 6.96. The summed E-state index contributed by atoms with van der Waals surface area (Å²) in [6.45, 7) is 6.30. The molecule has 1 fully saturated rings. The van der Waals surface area contributed by atoms with Crippen molar-refractivity contribution in [3.8, 4) is 0 Å². The van der Waals surface area contributed by atoms with Crippen LogP contribution in [0.15, 0.2) is 29.6 Å². The second-order valence-electron chi connectivity index (χ2n) is 7.41. The van der Waals surface area contributed by atoms with Gasteiger partial charge in [-0.2, -0.15) is 0 Å². The molecule has 3 rings (SSSR count). The largest absolute Gasteiger partial charge is 0.343 e. The number of carbonyl (C=O) groups excluding carboxylic acids is 2. The lowest BCUT2D eigenvalue weighted by Gasteiger charge is -2.19. The molecule has 1 aromatic carbocycles. The van der Waals surface area contributed by atoms with Gasteiger partial charge in [0, 0.05) is 16.9 Å². The quantitative estimate of drug-likeness (QED) is 0.857. The Hall–Kier alpha value is -2.21. The van der Waals surface area contributed by atoms with E-state index in [-0.39, 0.29) is 23.8 Å². The summed E-state index contributed by atoms with van der Waals surface area (Å²) >= 11 is 1.42. The molecule has 0 aliphatic heterocycles. The van der Waals surface area contributed by atoms with Crippen molar-refractivity contribution >= 4 is 28.3 Å². The highest BCUT2D eigenvalue weighted by Crippen LogP contribution is 2.40. The Labute approximate surface area is 151 Å². The molecule has 5 nitrogen and oxygen atoms in total. The summed E-state index contributed by atoms with van der Waals surface area (Å²) in [5, 5.41) is 7.96. The Bertz CT molecular complexity index is 771. The molecule has 6 heteroatoms. The summed E-state index contributed by atoms with van der Waals surface area (Å²) in [5.41, 5.74) is 2.81. The topological polar surface area (TPSA) is 71.1 Å². The maximum Gasteiger partial charge on any atom is 0.251 e. The van der Waals surface area contributed by atoms with Crippen LogP contribution in [0.5, 0.6) is 0 Å². The molecule has 0 atom stereocenters. The number of hydrogen-bond donors (Lipinski definition) is 2. The highest BCUT2D eigenvalue weighted by atomic mass is 32.1. The van der Waals surface area contributed by atoms with Gasteiger partial charge in [-0.15, -0.1) is 11.3 Å². The number of carbonyl (C=O) groups is 2. The Morgan fingerprint density at radius 1 is 1.20 bits per heavy atom. The molecule has 0 unspecified atom stereocenters. The van der Waals surface area contributed by atoms with E-state index in [2.05, 4.69) is 36.4 Å². The van der Waals surface area contributed by atoms with Crippen LogP contribution in [0.1, 0.15) is 61.1 Å². The molecule has 2 N–H and O–H groups in total. The molecule has 1 aliphatic rings. The van der Waals surface area contributed by atoms with Gasteiger partial charge in [0.05, 0.1) is 12.2 Å². The first-order valence-electron chi connectivity index (χ1n) is 8.47. The molecular formula is C19H23N3O2S. The fourth-order valence-corrected chi connectivity index (χ4v) is 3.27. The first-order chi connectivity index (χ1) is 11.8. The van der Waals surface area contributed by atoms with Gasteiger partial charge in [-0.05, 0) is 36.0 Å². The van der Waals surface area contributed by atoms with Gasteiger partial charge in [0.15, 0.2) is 5.13 Å². The molecule has 1 heterocycles. The van der Waals surface area contributed by atoms with Crippen LogP contribution < -0.4 is 10.6 Å². The van der Waals surface area contributed by atoms with Crippen LogP contribution in [0, 0.1) is 0 Å². The monoisotopic (exact) mass is 357 g/mol. The zero-order chi connectivity index (χ0) is 18.0. The lowest BCUT2D eigenvalue weighted by Crippen LogP contribution is -2.32. The fraction of sp³-hybridized carbons (Fsp3) is 0.421. The summed E-state index contributed by atoms with van der Waals surface area (Å²) in [6, 6.07) is 7.47. The number of nitrogens with one attached hydrogen (secondary N) is 2. The van der Waals surface area contributed by atoms with Crippen LogP contribution in [0.25, 0.3) is 0 Å². The number of aromatic nitrogens is 1. The first kappa shape index (κ1) is 17.6. The number of benzene rings is 1. The minimum absolute atomic E-state index is 0.0436. The van der Waals surface area contributed by atoms with Crippen LogP contribution >= 0.6 is 11.3 Å². The minimum atomic E-state index is -0.267. The Balaban J connectivity index is 1.49. The van der Waals surface area contributed by atoms with E-state index in [0.29, 0.717) is 16.6 Å². The average molecular weight is 357 g/mol. The molecule has 0 radical (unpaired) electrons. The summed E-state index contributed by atoms with van der Waals surface area (Å²) in [7, 11) is 0. The maximum absolute atomic E-state index is 12.2. The van der Waals surface area contributed by atoms with Crippen molar-refractivity contribution in [1.29, 1.82) is 0 Å². The lowest BCUT2D eigenvalue weighted by atomic mass is 9.87. The van der Waals surface area contributed by atoms with Crippen LogP contribution in [-0.4, -0.2) is 23.3 Å². The Morgan fingerprint density at radius 2 is 1.88 bits per heavy atom. The van der Waals surface area contributed by atoms with Gasteiger partial charge in [-0.1, -0.05) is 32.9 Å². The van der Waals surface area contributed by atoms with Crippen molar-refractivity contribution in [2.45, 2.75) is 44.9 Å². The van der Waals surface area contributed by atoms with Crippen molar-refractivity contribution in [3.05, 3.63) is 46.5 Å². The van der Waals surface area contributed by atoms with Crippen LogP contribution in [0.2, 0.25) is 0 Å². The van der Waals surface area contributed by atoms with E-state index < -0.39 is 0 Å². The summed E-state index contributed by atoms with van der Waals surface area (Å²) in [5.74, 6) is 0.0439. The molecule has 1 aromatic heterocycles. The van der Waals surface area contributed by atoms with E-state index in [0.717, 1.165) is 11.3 Å². The number of amides is 2. The van der Waals surface area contributed by atoms with Crippen LogP contribution in [0.4, 0.5) is 5.13 Å². The SMILES string of the molecule is CC(C)(C)c1ccc(C(=O)NCC(=O)Nc2nc(C3CC3)cs2)cc1. The smallest absolute Gasteiger partial charge is 0.251 e. The van der Waals surface area contributed by atoms with Gasteiger partial charge in [-0.25, -0.2) is 4.98 Å². The van der Waals surface area contributed by atoms with E-state index in [1.807, 2.05) is 17.5 Å².